The lowest BCUT2D eigenvalue weighted by molar-refractivity contribution is -0.126. The molecule has 1 heterocycles. The van der Waals surface area contributed by atoms with Crippen LogP contribution in [0.25, 0.3) is 0 Å². The summed E-state index contributed by atoms with van der Waals surface area (Å²) in [6, 6.07) is 5.18. The van der Waals surface area contributed by atoms with Gasteiger partial charge in [0.2, 0.25) is 5.91 Å². The molecular formula is C15H20Cl2N2O2. The van der Waals surface area contributed by atoms with Crippen LogP contribution in [0.4, 0.5) is 0 Å². The molecule has 0 spiro atoms. The molecule has 3 atom stereocenters. The summed E-state index contributed by atoms with van der Waals surface area (Å²) in [6.07, 6.45) is 0. The van der Waals surface area contributed by atoms with Crippen molar-refractivity contribution in [3.05, 3.63) is 33.8 Å². The number of hydrogen-bond acceptors (Lipinski definition) is 3. The molecule has 116 valence electrons. The molecule has 21 heavy (non-hydrogen) atoms. The van der Waals surface area contributed by atoms with Crippen LogP contribution in [0.3, 0.4) is 0 Å². The van der Waals surface area contributed by atoms with Crippen LogP contribution in [0, 0.1) is 5.92 Å². The summed E-state index contributed by atoms with van der Waals surface area (Å²) in [6.45, 7) is 5.76. The van der Waals surface area contributed by atoms with Gasteiger partial charge in [0, 0.05) is 16.1 Å². The average molecular weight is 331 g/mol. The number of rotatable bonds is 5. The standard InChI is InChI=1S/C15H20Cl2N2O2/c1-3-18-14-8-21-7-12(14)15(20)19-9(2)11-5-4-10(16)6-13(11)17/h4-6,9,12,14,18H,3,7-8H2,1-2H3,(H,19,20). The lowest BCUT2D eigenvalue weighted by atomic mass is 10.0. The van der Waals surface area contributed by atoms with Gasteiger partial charge in [-0.05, 0) is 31.2 Å². The molecule has 0 bridgehead atoms. The maximum absolute atomic E-state index is 12.4. The van der Waals surface area contributed by atoms with Crippen molar-refractivity contribution in [2.75, 3.05) is 19.8 Å². The number of amides is 1. The zero-order chi connectivity index (χ0) is 15.4. The Kier molecular flexibility index (Phi) is 5.88. The summed E-state index contributed by atoms with van der Waals surface area (Å²) in [5.74, 6) is -0.185. The summed E-state index contributed by atoms with van der Waals surface area (Å²) in [5, 5.41) is 7.42. The maximum atomic E-state index is 12.4. The van der Waals surface area contributed by atoms with Gasteiger partial charge in [-0.1, -0.05) is 36.2 Å². The van der Waals surface area contributed by atoms with Crippen LogP contribution in [-0.2, 0) is 9.53 Å². The van der Waals surface area contributed by atoms with Gasteiger partial charge in [0.25, 0.3) is 0 Å². The molecule has 1 amide bonds. The van der Waals surface area contributed by atoms with E-state index < -0.39 is 0 Å². The Morgan fingerprint density at radius 2 is 2.19 bits per heavy atom. The Hall–Kier alpha value is -0.810. The number of carbonyl (C=O) groups is 1. The Bertz CT molecular complexity index is 510. The average Bonchev–Trinajstić information content (AvgIpc) is 2.87. The molecule has 1 aliphatic heterocycles. The van der Waals surface area contributed by atoms with Crippen LogP contribution < -0.4 is 10.6 Å². The highest BCUT2D eigenvalue weighted by molar-refractivity contribution is 6.35. The molecule has 1 fully saturated rings. The Morgan fingerprint density at radius 1 is 1.43 bits per heavy atom. The van der Waals surface area contributed by atoms with Gasteiger partial charge in [0.05, 0.1) is 25.2 Å². The monoisotopic (exact) mass is 330 g/mol. The van der Waals surface area contributed by atoms with Gasteiger partial charge in [0.1, 0.15) is 0 Å². The Morgan fingerprint density at radius 3 is 2.86 bits per heavy atom. The van der Waals surface area contributed by atoms with Crippen molar-refractivity contribution in [3.63, 3.8) is 0 Å². The number of nitrogens with one attached hydrogen (secondary N) is 2. The van der Waals surface area contributed by atoms with E-state index >= 15 is 0 Å². The minimum absolute atomic E-state index is 0.0167. The van der Waals surface area contributed by atoms with Gasteiger partial charge in [-0.15, -0.1) is 0 Å². The fraction of sp³-hybridized carbons (Fsp3) is 0.533. The first-order valence-electron chi connectivity index (χ1n) is 7.09. The van der Waals surface area contributed by atoms with Crippen molar-refractivity contribution < 1.29 is 9.53 Å². The molecule has 0 saturated carbocycles. The van der Waals surface area contributed by atoms with Crippen molar-refractivity contribution in [1.82, 2.24) is 10.6 Å². The molecule has 2 rings (SSSR count). The van der Waals surface area contributed by atoms with E-state index in [0.29, 0.717) is 23.3 Å². The summed E-state index contributed by atoms with van der Waals surface area (Å²) < 4.78 is 5.40. The van der Waals surface area contributed by atoms with E-state index in [0.717, 1.165) is 12.1 Å². The van der Waals surface area contributed by atoms with E-state index in [1.165, 1.54) is 0 Å². The van der Waals surface area contributed by atoms with Crippen molar-refractivity contribution in [2.45, 2.75) is 25.9 Å². The third-order valence-corrected chi connectivity index (χ3v) is 4.23. The third-order valence-electron chi connectivity index (χ3n) is 3.67. The lowest BCUT2D eigenvalue weighted by Gasteiger charge is -2.21. The highest BCUT2D eigenvalue weighted by Crippen LogP contribution is 2.26. The molecule has 1 aromatic rings. The van der Waals surface area contributed by atoms with Crippen LogP contribution in [0.1, 0.15) is 25.5 Å². The zero-order valence-corrected chi connectivity index (χ0v) is 13.7. The van der Waals surface area contributed by atoms with Crippen molar-refractivity contribution in [1.29, 1.82) is 0 Å². The SMILES string of the molecule is CCNC1COCC1C(=O)NC(C)c1ccc(Cl)cc1Cl. The number of likely N-dealkylation sites (N-methyl/N-ethyl adjacent to an activating group) is 1. The van der Waals surface area contributed by atoms with Gasteiger partial charge < -0.3 is 15.4 Å². The fourth-order valence-corrected chi connectivity index (χ4v) is 3.10. The largest absolute Gasteiger partial charge is 0.379 e. The third kappa shape index (κ3) is 4.10. The fourth-order valence-electron chi connectivity index (χ4n) is 2.53. The smallest absolute Gasteiger partial charge is 0.227 e. The van der Waals surface area contributed by atoms with Crippen molar-refractivity contribution in [2.24, 2.45) is 5.92 Å². The van der Waals surface area contributed by atoms with Gasteiger partial charge in [-0.25, -0.2) is 0 Å². The summed E-state index contributed by atoms with van der Waals surface area (Å²) >= 11 is 12.1. The number of benzene rings is 1. The molecule has 1 aliphatic rings. The predicted octanol–water partition coefficient (Wildman–Crippen LogP) is 2.80. The van der Waals surface area contributed by atoms with Gasteiger partial charge in [-0.2, -0.15) is 0 Å². The highest BCUT2D eigenvalue weighted by Gasteiger charge is 2.34. The molecule has 1 aromatic carbocycles. The number of hydrogen-bond donors (Lipinski definition) is 2. The number of carbonyl (C=O) groups excluding carboxylic acids is 1. The maximum Gasteiger partial charge on any atom is 0.227 e. The van der Waals surface area contributed by atoms with Crippen molar-refractivity contribution >= 4 is 29.1 Å². The molecule has 0 aliphatic carbocycles. The molecule has 1 saturated heterocycles. The van der Waals surface area contributed by atoms with Gasteiger partial charge in [-0.3, -0.25) is 4.79 Å². The van der Waals surface area contributed by atoms with Crippen LogP contribution >= 0.6 is 23.2 Å². The number of halogens is 2. The zero-order valence-electron chi connectivity index (χ0n) is 12.2. The first-order valence-corrected chi connectivity index (χ1v) is 7.85. The normalized spacial score (nSPS) is 23.0. The van der Waals surface area contributed by atoms with Crippen LogP contribution in [0.2, 0.25) is 10.0 Å². The quantitative estimate of drug-likeness (QED) is 0.872. The summed E-state index contributed by atoms with van der Waals surface area (Å²) in [7, 11) is 0. The van der Waals surface area contributed by atoms with Crippen LogP contribution in [-0.4, -0.2) is 31.7 Å². The minimum atomic E-state index is -0.176. The van der Waals surface area contributed by atoms with Crippen LogP contribution in [0.15, 0.2) is 18.2 Å². The molecule has 3 unspecified atom stereocenters. The Balaban J connectivity index is 2.01. The van der Waals surface area contributed by atoms with E-state index in [1.807, 2.05) is 19.9 Å². The second-order valence-corrected chi connectivity index (χ2v) is 6.05. The predicted molar refractivity (Wildman–Crippen MR) is 84.8 cm³/mol. The van der Waals surface area contributed by atoms with Crippen LogP contribution in [0.5, 0.6) is 0 Å². The second-order valence-electron chi connectivity index (χ2n) is 5.20. The van der Waals surface area contributed by atoms with Gasteiger partial charge in [0.15, 0.2) is 0 Å². The first-order chi connectivity index (χ1) is 10.0. The lowest BCUT2D eigenvalue weighted by Crippen LogP contribution is -2.44. The molecule has 2 N–H and O–H groups in total. The molecule has 0 aromatic heterocycles. The molecular weight excluding hydrogens is 311 g/mol. The number of ether oxygens (including phenoxy) is 1. The minimum Gasteiger partial charge on any atom is -0.379 e. The molecule has 6 heteroatoms. The summed E-state index contributed by atoms with van der Waals surface area (Å²) in [5.41, 5.74) is 0.855. The summed E-state index contributed by atoms with van der Waals surface area (Å²) in [4.78, 5) is 12.4. The van der Waals surface area contributed by atoms with E-state index in [-0.39, 0.29) is 23.9 Å². The molecule has 0 radical (unpaired) electrons. The topological polar surface area (TPSA) is 50.4 Å². The van der Waals surface area contributed by atoms with E-state index in [2.05, 4.69) is 10.6 Å². The van der Waals surface area contributed by atoms with Gasteiger partial charge >= 0.3 is 0 Å². The first kappa shape index (κ1) is 16.6. The van der Waals surface area contributed by atoms with Crippen molar-refractivity contribution in [3.8, 4) is 0 Å². The Labute approximate surface area is 135 Å². The van der Waals surface area contributed by atoms with E-state index in [9.17, 15) is 4.79 Å². The van der Waals surface area contributed by atoms with E-state index in [1.54, 1.807) is 12.1 Å². The van der Waals surface area contributed by atoms with E-state index in [4.69, 9.17) is 27.9 Å². The second kappa shape index (κ2) is 7.45. The molecule has 4 nitrogen and oxygen atoms in total. The highest BCUT2D eigenvalue weighted by atomic mass is 35.5.